The smallest absolute Gasteiger partial charge is 0.416 e. The van der Waals surface area contributed by atoms with Gasteiger partial charge in [0.2, 0.25) is 0 Å². The molecule has 2 N–H and O–H groups in total. The predicted molar refractivity (Wildman–Crippen MR) is 103 cm³/mol. The van der Waals surface area contributed by atoms with E-state index in [0.29, 0.717) is 29.8 Å². The van der Waals surface area contributed by atoms with Gasteiger partial charge in [-0.3, -0.25) is 4.98 Å². The van der Waals surface area contributed by atoms with Gasteiger partial charge in [-0.25, -0.2) is 0 Å². The van der Waals surface area contributed by atoms with E-state index in [1.165, 1.54) is 0 Å². The molecule has 158 valence electrons. The minimum Gasteiger partial charge on any atom is -0.507 e. The molecule has 1 aromatic carbocycles. The molecule has 30 heavy (non-hydrogen) atoms. The number of phenols is 1. The Morgan fingerprint density at radius 1 is 1.10 bits per heavy atom. The number of alkyl halides is 3. The first-order chi connectivity index (χ1) is 14.1. The average molecular weight is 419 g/mol. The number of pyridine rings is 1. The Morgan fingerprint density at radius 3 is 2.43 bits per heavy atom. The molecule has 3 atom stereocenters. The fourth-order valence-electron chi connectivity index (χ4n) is 4.13. The zero-order chi connectivity index (χ0) is 21.7. The van der Waals surface area contributed by atoms with Crippen molar-refractivity contribution in [2.75, 3.05) is 0 Å². The van der Waals surface area contributed by atoms with Crippen molar-refractivity contribution in [3.8, 4) is 17.0 Å². The third kappa shape index (κ3) is 3.59. The summed E-state index contributed by atoms with van der Waals surface area (Å²) in [5.74, 6) is -0.566. The molecule has 4 rings (SSSR count). The average Bonchev–Trinajstić information content (AvgIpc) is 2.65. The molecule has 1 aliphatic heterocycles. The number of halogens is 3. The van der Waals surface area contributed by atoms with Gasteiger partial charge < -0.3 is 14.9 Å². The molecule has 0 saturated carbocycles. The maximum atomic E-state index is 12.9. The molecule has 3 aromatic rings. The van der Waals surface area contributed by atoms with E-state index < -0.39 is 23.1 Å². The largest absolute Gasteiger partial charge is 0.507 e. The lowest BCUT2D eigenvalue weighted by Gasteiger charge is -2.38. The number of hydrogen-bond donors (Lipinski definition) is 2. The lowest BCUT2D eigenvalue weighted by molar-refractivity contribution is -0.138. The highest BCUT2D eigenvalue weighted by atomic mass is 19.4. The van der Waals surface area contributed by atoms with E-state index in [-0.39, 0.29) is 29.2 Å². The van der Waals surface area contributed by atoms with Crippen molar-refractivity contribution in [1.82, 2.24) is 15.2 Å². The Bertz CT molecular complexity index is 1090. The van der Waals surface area contributed by atoms with Gasteiger partial charge >= 0.3 is 6.18 Å². The summed E-state index contributed by atoms with van der Waals surface area (Å²) in [5.41, 5.74) is -1.32. The first-order valence-electron chi connectivity index (χ1n) is 9.49. The highest BCUT2D eigenvalue weighted by Gasteiger charge is 2.41. The van der Waals surface area contributed by atoms with E-state index in [4.69, 9.17) is 4.74 Å². The summed E-state index contributed by atoms with van der Waals surface area (Å²) in [5, 5.41) is 30.4. The van der Waals surface area contributed by atoms with E-state index in [9.17, 15) is 23.4 Å². The van der Waals surface area contributed by atoms with Crippen molar-refractivity contribution in [2.45, 2.75) is 50.7 Å². The molecule has 1 fully saturated rings. The molecule has 0 unspecified atom stereocenters. The number of nitrogens with zero attached hydrogens (tertiary/aromatic N) is 3. The molecule has 1 saturated heterocycles. The molecule has 3 heterocycles. The van der Waals surface area contributed by atoms with Gasteiger partial charge in [0.25, 0.3) is 0 Å². The highest BCUT2D eigenvalue weighted by molar-refractivity contribution is 5.94. The summed E-state index contributed by atoms with van der Waals surface area (Å²) in [7, 11) is 0. The SMILES string of the molecule is C[C@@H]1C[C@@](O)(c2nnc(-c3ccc(C(F)(F)F)cc3O)c3cccnc23)C[C@H](C)O1. The van der Waals surface area contributed by atoms with Crippen LogP contribution in [0.2, 0.25) is 0 Å². The molecule has 9 heteroatoms. The summed E-state index contributed by atoms with van der Waals surface area (Å²) < 4.78 is 44.5. The molecule has 0 aliphatic carbocycles. The predicted octanol–water partition coefficient (Wildman–Crippen LogP) is 4.19. The van der Waals surface area contributed by atoms with Crippen LogP contribution in [0.5, 0.6) is 5.75 Å². The van der Waals surface area contributed by atoms with Gasteiger partial charge in [-0.2, -0.15) is 13.2 Å². The van der Waals surface area contributed by atoms with Crippen LogP contribution in [-0.2, 0) is 16.5 Å². The van der Waals surface area contributed by atoms with Gasteiger partial charge in [0, 0.05) is 30.0 Å². The normalized spacial score (nSPS) is 24.9. The number of fused-ring (bicyclic) bond motifs is 1. The topological polar surface area (TPSA) is 88.4 Å². The van der Waals surface area contributed by atoms with Crippen LogP contribution in [0.3, 0.4) is 0 Å². The maximum Gasteiger partial charge on any atom is 0.416 e. The fourth-order valence-corrected chi connectivity index (χ4v) is 4.13. The van der Waals surface area contributed by atoms with Crippen LogP contribution in [0, 0.1) is 0 Å². The second kappa shape index (κ2) is 7.17. The summed E-state index contributed by atoms with van der Waals surface area (Å²) in [6, 6.07) is 6.02. The molecular weight excluding hydrogens is 399 g/mol. The molecule has 6 nitrogen and oxygen atoms in total. The Hall–Kier alpha value is -2.78. The molecule has 2 aromatic heterocycles. The van der Waals surface area contributed by atoms with Crippen LogP contribution in [0.25, 0.3) is 22.2 Å². The van der Waals surface area contributed by atoms with Crippen LogP contribution in [-0.4, -0.2) is 37.6 Å². The van der Waals surface area contributed by atoms with Crippen LogP contribution < -0.4 is 0 Å². The third-order valence-electron chi connectivity index (χ3n) is 5.27. The van der Waals surface area contributed by atoms with Crippen molar-refractivity contribution >= 4 is 10.9 Å². The Labute approximate surface area is 170 Å². The second-order valence-corrected chi connectivity index (χ2v) is 7.72. The van der Waals surface area contributed by atoms with Gasteiger partial charge in [-0.05, 0) is 44.2 Å². The van der Waals surface area contributed by atoms with Gasteiger partial charge in [0.1, 0.15) is 22.7 Å². The van der Waals surface area contributed by atoms with E-state index in [0.717, 1.165) is 12.1 Å². The zero-order valence-electron chi connectivity index (χ0n) is 16.3. The summed E-state index contributed by atoms with van der Waals surface area (Å²) in [6.07, 6.45) is -2.81. The number of rotatable bonds is 2. The molecule has 0 amide bonds. The van der Waals surface area contributed by atoms with Gasteiger partial charge in [-0.1, -0.05) is 0 Å². The lowest BCUT2D eigenvalue weighted by Crippen LogP contribution is -2.42. The number of benzene rings is 1. The number of ether oxygens (including phenoxy) is 1. The molecule has 0 radical (unpaired) electrons. The Kier molecular flexibility index (Phi) is 4.90. The molecule has 0 spiro atoms. The summed E-state index contributed by atoms with van der Waals surface area (Å²) in [6.45, 7) is 3.72. The monoisotopic (exact) mass is 419 g/mol. The van der Waals surface area contributed by atoms with E-state index in [1.54, 1.807) is 18.3 Å². The minimum atomic E-state index is -4.57. The Morgan fingerprint density at radius 2 is 1.80 bits per heavy atom. The van der Waals surface area contributed by atoms with E-state index in [1.807, 2.05) is 13.8 Å². The van der Waals surface area contributed by atoms with Crippen LogP contribution >= 0.6 is 0 Å². The summed E-state index contributed by atoms with van der Waals surface area (Å²) >= 11 is 0. The first-order valence-corrected chi connectivity index (χ1v) is 9.49. The highest BCUT2D eigenvalue weighted by Crippen LogP contribution is 2.42. The van der Waals surface area contributed by atoms with Crippen LogP contribution in [0.4, 0.5) is 13.2 Å². The summed E-state index contributed by atoms with van der Waals surface area (Å²) in [4.78, 5) is 4.36. The Balaban J connectivity index is 1.87. The zero-order valence-corrected chi connectivity index (χ0v) is 16.3. The third-order valence-corrected chi connectivity index (χ3v) is 5.27. The number of aromatic nitrogens is 3. The van der Waals surface area contributed by atoms with Gasteiger partial charge in [0.05, 0.1) is 23.3 Å². The van der Waals surface area contributed by atoms with Crippen molar-refractivity contribution in [1.29, 1.82) is 0 Å². The molecule has 0 bridgehead atoms. The minimum absolute atomic E-state index is 0.0979. The van der Waals surface area contributed by atoms with E-state index >= 15 is 0 Å². The van der Waals surface area contributed by atoms with Crippen LogP contribution in [0.1, 0.15) is 37.9 Å². The maximum absolute atomic E-state index is 12.9. The van der Waals surface area contributed by atoms with Crippen molar-refractivity contribution in [2.24, 2.45) is 0 Å². The van der Waals surface area contributed by atoms with E-state index in [2.05, 4.69) is 15.2 Å². The lowest BCUT2D eigenvalue weighted by atomic mass is 9.83. The number of phenolic OH excluding ortho intramolecular Hbond substituents is 1. The van der Waals surface area contributed by atoms with Crippen molar-refractivity contribution in [3.63, 3.8) is 0 Å². The van der Waals surface area contributed by atoms with Crippen molar-refractivity contribution < 1.29 is 28.1 Å². The van der Waals surface area contributed by atoms with Gasteiger partial charge in [0.15, 0.2) is 0 Å². The second-order valence-electron chi connectivity index (χ2n) is 7.72. The number of aromatic hydroxyl groups is 1. The number of hydrogen-bond acceptors (Lipinski definition) is 6. The number of aliphatic hydroxyl groups is 1. The molecule has 1 aliphatic rings. The van der Waals surface area contributed by atoms with Gasteiger partial charge in [-0.15, -0.1) is 10.2 Å². The quantitative estimate of drug-likeness (QED) is 0.648. The standard InChI is InChI=1S/C21H20F3N3O3/c1-11-9-20(29,10-12(2)30-11)19-18-15(4-3-7-25-18)17(26-27-19)14-6-5-13(8-16(14)28)21(22,23)24/h3-8,11-12,28-29H,9-10H2,1-2H3/t11-,12+,20+. The van der Waals surface area contributed by atoms with Crippen molar-refractivity contribution in [3.05, 3.63) is 47.8 Å². The first kappa shape index (κ1) is 20.5. The molecular formula is C21H20F3N3O3. The van der Waals surface area contributed by atoms with Crippen LogP contribution in [0.15, 0.2) is 36.5 Å². The fraction of sp³-hybridized carbons (Fsp3) is 0.381.